The molecule has 0 N–H and O–H groups in total. The van der Waals surface area contributed by atoms with Crippen LogP contribution in [-0.2, 0) is 5.41 Å². The topological polar surface area (TPSA) is 16.1 Å². The van der Waals surface area contributed by atoms with Gasteiger partial charge in [0.25, 0.3) is 0 Å². The molecule has 0 aliphatic heterocycles. The minimum Gasteiger partial charge on any atom is -0.307 e. The first kappa shape index (κ1) is 29.8. The summed E-state index contributed by atoms with van der Waals surface area (Å²) in [5, 5.41) is 4.93. The highest BCUT2D eigenvalue weighted by atomic mass is 32.1. The first-order valence-electron chi connectivity index (χ1n) is 17.5. The molecule has 0 unspecified atom stereocenters. The molecule has 1 aliphatic carbocycles. The predicted octanol–water partition coefficient (Wildman–Crippen LogP) is 13.7. The number of hydrogen-bond acceptors (Lipinski definition) is 3. The monoisotopic (exact) mass is 670 g/mol. The Morgan fingerprint density at radius 3 is 1.90 bits per heavy atom. The molecule has 0 spiro atoms. The molecule has 2 heterocycles. The van der Waals surface area contributed by atoms with Gasteiger partial charge in [0.2, 0.25) is 0 Å². The Balaban J connectivity index is 1.27. The van der Waals surface area contributed by atoms with Crippen LogP contribution in [0.25, 0.3) is 64.3 Å². The molecule has 0 fully saturated rings. The van der Waals surface area contributed by atoms with Gasteiger partial charge in [-0.2, -0.15) is 0 Å². The largest absolute Gasteiger partial charge is 0.307 e. The zero-order chi connectivity index (χ0) is 34.1. The summed E-state index contributed by atoms with van der Waals surface area (Å²) in [6.45, 7) is 4.73. The molecule has 1 aliphatic rings. The molecule has 0 atom stereocenters. The third-order valence-electron chi connectivity index (χ3n) is 10.7. The smallest absolute Gasteiger partial charge is 0.0825 e. The van der Waals surface area contributed by atoms with Gasteiger partial charge < -0.3 is 4.90 Å². The number of thiophene rings is 1. The minimum absolute atomic E-state index is 0.152. The van der Waals surface area contributed by atoms with E-state index < -0.39 is 0 Å². The highest BCUT2D eigenvalue weighted by Gasteiger charge is 2.37. The summed E-state index contributed by atoms with van der Waals surface area (Å²) in [4.78, 5) is 7.41. The van der Waals surface area contributed by atoms with Gasteiger partial charge in [-0.25, -0.2) is 0 Å². The lowest BCUT2D eigenvalue weighted by molar-refractivity contribution is 0.660. The van der Waals surface area contributed by atoms with Crippen molar-refractivity contribution in [1.29, 1.82) is 0 Å². The summed E-state index contributed by atoms with van der Waals surface area (Å²) in [6, 6.07) is 57.6. The van der Waals surface area contributed by atoms with E-state index in [0.29, 0.717) is 0 Å². The average Bonchev–Trinajstić information content (AvgIpc) is 3.66. The maximum absolute atomic E-state index is 4.95. The molecule has 51 heavy (non-hydrogen) atoms. The van der Waals surface area contributed by atoms with Crippen molar-refractivity contribution in [2.45, 2.75) is 19.3 Å². The number of aromatic nitrogens is 1. The molecule has 0 saturated heterocycles. The molecule has 10 rings (SSSR count). The predicted molar refractivity (Wildman–Crippen MR) is 218 cm³/mol. The third kappa shape index (κ3) is 4.73. The fourth-order valence-corrected chi connectivity index (χ4v) is 9.34. The molecular weight excluding hydrogens is 637 g/mol. The SMILES string of the molecule is CC1(C)c2ccccc2-c2cc(-c3ccccc3)c(N(c3ccc(-c4ccccc4)cc3)c3cncc4c3sc3cc5ccccc5cc34)cc21. The van der Waals surface area contributed by atoms with Gasteiger partial charge in [0.05, 0.1) is 22.3 Å². The van der Waals surface area contributed by atoms with Crippen LogP contribution in [0.2, 0.25) is 0 Å². The minimum atomic E-state index is -0.152. The van der Waals surface area contributed by atoms with Gasteiger partial charge in [-0.1, -0.05) is 135 Å². The lowest BCUT2D eigenvalue weighted by Crippen LogP contribution is -2.17. The molecule has 2 aromatic heterocycles. The quantitative estimate of drug-likeness (QED) is 0.181. The van der Waals surface area contributed by atoms with E-state index in [1.165, 1.54) is 75.5 Å². The van der Waals surface area contributed by atoms with Gasteiger partial charge in [0.1, 0.15) is 0 Å². The Hall–Kier alpha value is -6.03. The number of anilines is 3. The number of rotatable bonds is 5. The fraction of sp³-hybridized carbons (Fsp3) is 0.0625. The van der Waals surface area contributed by atoms with Crippen molar-refractivity contribution < 1.29 is 0 Å². The summed E-state index contributed by atoms with van der Waals surface area (Å²) in [5.41, 5.74) is 13.3. The molecule has 7 aromatic carbocycles. The highest BCUT2D eigenvalue weighted by Crippen LogP contribution is 2.54. The van der Waals surface area contributed by atoms with Gasteiger partial charge in [-0.05, 0) is 86.1 Å². The average molecular weight is 671 g/mol. The third-order valence-corrected chi connectivity index (χ3v) is 11.9. The van der Waals surface area contributed by atoms with Crippen molar-refractivity contribution in [3.63, 3.8) is 0 Å². The van der Waals surface area contributed by atoms with Crippen LogP contribution in [0.1, 0.15) is 25.0 Å². The molecular formula is C48H34N2S. The maximum Gasteiger partial charge on any atom is 0.0825 e. The van der Waals surface area contributed by atoms with E-state index in [4.69, 9.17) is 4.98 Å². The molecule has 0 saturated carbocycles. The van der Waals surface area contributed by atoms with Crippen molar-refractivity contribution in [3.8, 4) is 33.4 Å². The van der Waals surface area contributed by atoms with E-state index in [1.54, 1.807) is 0 Å². The molecule has 0 amide bonds. The van der Waals surface area contributed by atoms with Gasteiger partial charge in [-0.15, -0.1) is 11.3 Å². The lowest BCUT2D eigenvalue weighted by Gasteiger charge is -2.30. The van der Waals surface area contributed by atoms with Gasteiger partial charge in [0.15, 0.2) is 0 Å². The second-order valence-electron chi connectivity index (χ2n) is 14.0. The van der Waals surface area contributed by atoms with Crippen LogP contribution in [-0.4, -0.2) is 4.98 Å². The summed E-state index contributed by atoms with van der Waals surface area (Å²) < 4.78 is 2.50. The molecule has 3 heteroatoms. The Bertz CT molecular complexity index is 2760. The van der Waals surface area contributed by atoms with Crippen LogP contribution < -0.4 is 4.90 Å². The number of benzene rings is 7. The standard InChI is InChI=1S/C48H34N2S/c1-48(2)42-20-12-11-19-37(42)39-27-38(33-15-7-4-8-16-33)44(28-43(39)48)50(36-23-21-32(22-24-36)31-13-5-3-6-14-31)45-30-49-29-41-40-25-34-17-9-10-18-35(34)26-46(40)51-47(41)45/h3-30H,1-2H3. The second kappa shape index (κ2) is 11.5. The van der Waals surface area contributed by atoms with Gasteiger partial charge in [0, 0.05) is 38.3 Å². The fourth-order valence-electron chi connectivity index (χ4n) is 8.13. The van der Waals surface area contributed by atoms with E-state index in [0.717, 1.165) is 17.1 Å². The van der Waals surface area contributed by atoms with E-state index in [9.17, 15) is 0 Å². The summed E-state index contributed by atoms with van der Waals surface area (Å²) in [6.07, 6.45) is 4.11. The van der Waals surface area contributed by atoms with Crippen LogP contribution in [0.15, 0.2) is 170 Å². The lowest BCUT2D eigenvalue weighted by atomic mass is 9.81. The van der Waals surface area contributed by atoms with Crippen molar-refractivity contribution in [3.05, 3.63) is 181 Å². The van der Waals surface area contributed by atoms with Crippen molar-refractivity contribution in [2.24, 2.45) is 0 Å². The maximum atomic E-state index is 4.95. The second-order valence-corrected chi connectivity index (χ2v) is 15.1. The summed E-state index contributed by atoms with van der Waals surface area (Å²) in [7, 11) is 0. The Labute approximate surface area is 301 Å². The van der Waals surface area contributed by atoms with Crippen molar-refractivity contribution in [2.75, 3.05) is 4.90 Å². The Morgan fingerprint density at radius 1 is 0.490 bits per heavy atom. The van der Waals surface area contributed by atoms with Crippen molar-refractivity contribution >= 4 is 59.3 Å². The van der Waals surface area contributed by atoms with E-state index in [2.05, 4.69) is 183 Å². The molecule has 242 valence electrons. The van der Waals surface area contributed by atoms with Crippen LogP contribution in [0.4, 0.5) is 17.1 Å². The van der Waals surface area contributed by atoms with Crippen LogP contribution in [0, 0.1) is 0 Å². The van der Waals surface area contributed by atoms with E-state index in [-0.39, 0.29) is 5.41 Å². The van der Waals surface area contributed by atoms with Gasteiger partial charge >= 0.3 is 0 Å². The zero-order valence-electron chi connectivity index (χ0n) is 28.5. The van der Waals surface area contributed by atoms with Crippen molar-refractivity contribution in [1.82, 2.24) is 4.98 Å². The molecule has 0 radical (unpaired) electrons. The molecule has 9 aromatic rings. The van der Waals surface area contributed by atoms with Crippen LogP contribution >= 0.6 is 11.3 Å². The Morgan fingerprint density at radius 2 is 1.14 bits per heavy atom. The highest BCUT2D eigenvalue weighted by molar-refractivity contribution is 7.26. The number of pyridine rings is 1. The first-order chi connectivity index (χ1) is 25.0. The number of nitrogens with zero attached hydrogens (tertiary/aromatic N) is 2. The van der Waals surface area contributed by atoms with E-state index >= 15 is 0 Å². The molecule has 0 bridgehead atoms. The number of fused-ring (bicyclic) bond motifs is 7. The molecule has 2 nitrogen and oxygen atoms in total. The van der Waals surface area contributed by atoms with Crippen LogP contribution in [0.5, 0.6) is 0 Å². The van der Waals surface area contributed by atoms with Gasteiger partial charge in [-0.3, -0.25) is 4.98 Å². The normalized spacial score (nSPS) is 13.1. The van der Waals surface area contributed by atoms with E-state index in [1.807, 2.05) is 17.5 Å². The van der Waals surface area contributed by atoms with Crippen LogP contribution in [0.3, 0.4) is 0 Å². The first-order valence-corrected chi connectivity index (χ1v) is 18.3. The zero-order valence-corrected chi connectivity index (χ0v) is 29.3. The summed E-state index contributed by atoms with van der Waals surface area (Å²) in [5.74, 6) is 0. The number of hydrogen-bond donors (Lipinski definition) is 0. The Kier molecular flexibility index (Phi) is 6.74. The summed E-state index contributed by atoms with van der Waals surface area (Å²) >= 11 is 1.86.